The molecule has 0 aromatic heterocycles. The van der Waals surface area contributed by atoms with Crippen molar-refractivity contribution in [3.05, 3.63) is 60.2 Å². The fraction of sp³-hybridized carbons (Fsp3) is 0.111. The van der Waals surface area contributed by atoms with Crippen LogP contribution in [0.2, 0.25) is 0 Å². The molecule has 0 heterocycles. The zero-order valence-electron chi connectivity index (χ0n) is 14.4. The summed E-state index contributed by atoms with van der Waals surface area (Å²) in [5.74, 6) is -0.600. The van der Waals surface area contributed by atoms with Crippen LogP contribution < -0.4 is 15.2 Å². The van der Waals surface area contributed by atoms with Crippen LogP contribution in [-0.2, 0) is 24.3 Å². The van der Waals surface area contributed by atoms with Crippen molar-refractivity contribution in [2.45, 2.75) is 4.90 Å². The third kappa shape index (κ3) is 6.57. The number of ether oxygens (including phenoxy) is 2. The van der Waals surface area contributed by atoms with E-state index >= 15 is 0 Å². The first kappa shape index (κ1) is 20.1. The smallest absolute Gasteiger partial charge is 0.331 e. The van der Waals surface area contributed by atoms with Crippen molar-refractivity contribution >= 4 is 33.7 Å². The molecular formula is C18H18N2O6S. The molecule has 2 aromatic rings. The molecule has 2 rings (SSSR count). The van der Waals surface area contributed by atoms with Crippen LogP contribution in [0.5, 0.6) is 5.75 Å². The summed E-state index contributed by atoms with van der Waals surface area (Å²) in [4.78, 5) is 23.4. The molecule has 0 atom stereocenters. The second-order valence-corrected chi connectivity index (χ2v) is 6.90. The summed E-state index contributed by atoms with van der Waals surface area (Å²) in [5, 5.41) is 7.46. The van der Waals surface area contributed by atoms with Crippen LogP contribution in [0, 0.1) is 0 Å². The summed E-state index contributed by atoms with van der Waals surface area (Å²) < 4.78 is 32.3. The minimum atomic E-state index is -3.80. The summed E-state index contributed by atoms with van der Waals surface area (Å²) >= 11 is 0. The molecule has 0 saturated carbocycles. The van der Waals surface area contributed by atoms with Gasteiger partial charge in [-0.3, -0.25) is 4.79 Å². The minimum Gasteiger partial charge on any atom is -0.497 e. The normalized spacial score (nSPS) is 11.2. The number of anilines is 1. The van der Waals surface area contributed by atoms with Crippen LogP contribution in [0.1, 0.15) is 5.56 Å². The number of nitrogens with two attached hydrogens (primary N) is 1. The minimum absolute atomic E-state index is 0.0744. The lowest BCUT2D eigenvalue weighted by atomic mass is 10.2. The van der Waals surface area contributed by atoms with Crippen LogP contribution in [0.4, 0.5) is 5.69 Å². The molecule has 2 aromatic carbocycles. The van der Waals surface area contributed by atoms with E-state index in [1.165, 1.54) is 43.5 Å². The van der Waals surface area contributed by atoms with Gasteiger partial charge in [0.05, 0.1) is 12.0 Å². The Kier molecular flexibility index (Phi) is 6.69. The van der Waals surface area contributed by atoms with Crippen molar-refractivity contribution < 1.29 is 27.5 Å². The Morgan fingerprint density at radius 1 is 1.15 bits per heavy atom. The molecule has 0 saturated heterocycles. The van der Waals surface area contributed by atoms with Gasteiger partial charge in [-0.1, -0.05) is 12.1 Å². The van der Waals surface area contributed by atoms with Crippen LogP contribution in [0.25, 0.3) is 6.08 Å². The lowest BCUT2D eigenvalue weighted by molar-refractivity contribution is -0.142. The molecule has 9 heteroatoms. The third-order valence-corrected chi connectivity index (χ3v) is 4.25. The second kappa shape index (κ2) is 8.97. The lowest BCUT2D eigenvalue weighted by Gasteiger charge is -2.06. The molecule has 0 aliphatic carbocycles. The van der Waals surface area contributed by atoms with Gasteiger partial charge in [-0.2, -0.15) is 0 Å². The number of sulfonamides is 1. The summed E-state index contributed by atoms with van der Waals surface area (Å²) in [5.41, 5.74) is 1.08. The van der Waals surface area contributed by atoms with Crippen molar-refractivity contribution in [3.63, 3.8) is 0 Å². The molecule has 3 N–H and O–H groups in total. The van der Waals surface area contributed by atoms with E-state index in [-0.39, 0.29) is 4.90 Å². The molecule has 0 unspecified atom stereocenters. The van der Waals surface area contributed by atoms with E-state index in [2.05, 4.69) is 5.32 Å². The van der Waals surface area contributed by atoms with Gasteiger partial charge in [0, 0.05) is 11.8 Å². The summed E-state index contributed by atoms with van der Waals surface area (Å²) in [6, 6.07) is 12.3. The van der Waals surface area contributed by atoms with Gasteiger partial charge in [-0.05, 0) is 48.0 Å². The molecule has 1 amide bonds. The maximum Gasteiger partial charge on any atom is 0.331 e. The highest BCUT2D eigenvalue weighted by molar-refractivity contribution is 7.89. The van der Waals surface area contributed by atoms with Crippen molar-refractivity contribution in [1.29, 1.82) is 0 Å². The molecule has 0 fully saturated rings. The number of benzene rings is 2. The standard InChI is InChI=1S/C18H18N2O6S/c1-25-15-4-2-3-13(11-15)5-10-18(22)26-12-17(21)20-14-6-8-16(9-7-14)27(19,23)24/h2-11H,12H2,1H3,(H,20,21)(H2,19,23,24)/b10-5+. The van der Waals surface area contributed by atoms with Crippen LogP contribution in [-0.4, -0.2) is 34.0 Å². The maximum atomic E-state index is 11.8. The number of carbonyl (C=O) groups is 2. The van der Waals surface area contributed by atoms with Crippen molar-refractivity contribution in [2.24, 2.45) is 5.14 Å². The zero-order chi connectivity index (χ0) is 19.9. The number of hydrogen-bond donors (Lipinski definition) is 2. The van der Waals surface area contributed by atoms with Gasteiger partial charge in [0.1, 0.15) is 5.75 Å². The Morgan fingerprint density at radius 2 is 1.85 bits per heavy atom. The van der Waals surface area contributed by atoms with E-state index in [0.29, 0.717) is 11.4 Å². The van der Waals surface area contributed by atoms with Crippen LogP contribution in [0.3, 0.4) is 0 Å². The van der Waals surface area contributed by atoms with E-state index in [0.717, 1.165) is 5.56 Å². The average molecular weight is 390 g/mol. The Bertz CT molecular complexity index is 952. The van der Waals surface area contributed by atoms with E-state index in [4.69, 9.17) is 14.6 Å². The van der Waals surface area contributed by atoms with Gasteiger partial charge in [0.2, 0.25) is 10.0 Å². The topological polar surface area (TPSA) is 125 Å². The number of rotatable bonds is 7. The van der Waals surface area contributed by atoms with Crippen molar-refractivity contribution in [2.75, 3.05) is 19.0 Å². The second-order valence-electron chi connectivity index (χ2n) is 5.34. The fourth-order valence-electron chi connectivity index (χ4n) is 2.02. The lowest BCUT2D eigenvalue weighted by Crippen LogP contribution is -2.20. The van der Waals surface area contributed by atoms with E-state index in [1.807, 2.05) is 0 Å². The Morgan fingerprint density at radius 3 is 2.48 bits per heavy atom. The molecule has 0 spiro atoms. The first-order valence-corrected chi connectivity index (χ1v) is 9.24. The Balaban J connectivity index is 1.84. The predicted octanol–water partition coefficient (Wildman–Crippen LogP) is 1.54. The van der Waals surface area contributed by atoms with Crippen molar-refractivity contribution in [3.8, 4) is 5.75 Å². The quantitative estimate of drug-likeness (QED) is 0.546. The first-order chi connectivity index (χ1) is 12.8. The summed E-state index contributed by atoms with van der Waals surface area (Å²) in [7, 11) is -2.26. The largest absolute Gasteiger partial charge is 0.497 e. The number of carbonyl (C=O) groups excluding carboxylic acids is 2. The zero-order valence-corrected chi connectivity index (χ0v) is 15.2. The average Bonchev–Trinajstić information content (AvgIpc) is 2.64. The van der Waals surface area contributed by atoms with Gasteiger partial charge in [0.15, 0.2) is 6.61 Å². The third-order valence-electron chi connectivity index (χ3n) is 3.32. The Hall–Kier alpha value is -3.17. The molecular weight excluding hydrogens is 372 g/mol. The van der Waals surface area contributed by atoms with E-state index in [1.54, 1.807) is 24.3 Å². The molecule has 0 radical (unpaired) electrons. The molecule has 27 heavy (non-hydrogen) atoms. The van der Waals surface area contributed by atoms with Gasteiger partial charge < -0.3 is 14.8 Å². The highest BCUT2D eigenvalue weighted by Gasteiger charge is 2.09. The van der Waals surface area contributed by atoms with Crippen LogP contribution >= 0.6 is 0 Å². The van der Waals surface area contributed by atoms with Gasteiger partial charge in [-0.25, -0.2) is 18.4 Å². The predicted molar refractivity (Wildman–Crippen MR) is 99.4 cm³/mol. The summed E-state index contributed by atoms with van der Waals surface area (Å²) in [6.07, 6.45) is 2.73. The van der Waals surface area contributed by atoms with Gasteiger partial charge in [0.25, 0.3) is 5.91 Å². The summed E-state index contributed by atoms with van der Waals surface area (Å²) in [6.45, 7) is -0.488. The highest BCUT2D eigenvalue weighted by Crippen LogP contribution is 2.14. The number of nitrogens with one attached hydrogen (secondary N) is 1. The number of esters is 1. The van der Waals surface area contributed by atoms with Crippen LogP contribution in [0.15, 0.2) is 59.5 Å². The Labute approximate surface area is 156 Å². The fourth-order valence-corrected chi connectivity index (χ4v) is 2.53. The van der Waals surface area contributed by atoms with Gasteiger partial charge in [-0.15, -0.1) is 0 Å². The molecule has 0 bridgehead atoms. The number of primary sulfonamides is 1. The molecule has 0 aliphatic rings. The molecule has 8 nitrogen and oxygen atoms in total. The number of hydrogen-bond acceptors (Lipinski definition) is 6. The van der Waals surface area contributed by atoms with Crippen molar-refractivity contribution in [1.82, 2.24) is 0 Å². The van der Waals surface area contributed by atoms with Gasteiger partial charge >= 0.3 is 5.97 Å². The molecule has 142 valence electrons. The SMILES string of the molecule is COc1cccc(/C=C/C(=O)OCC(=O)Nc2ccc(S(N)(=O)=O)cc2)c1. The molecule has 0 aliphatic heterocycles. The first-order valence-electron chi connectivity index (χ1n) is 7.69. The number of methoxy groups -OCH3 is 1. The highest BCUT2D eigenvalue weighted by atomic mass is 32.2. The maximum absolute atomic E-state index is 11.8. The van der Waals surface area contributed by atoms with E-state index in [9.17, 15) is 18.0 Å². The monoisotopic (exact) mass is 390 g/mol. The van der Waals surface area contributed by atoms with E-state index < -0.39 is 28.5 Å². The number of amides is 1.